The molecule has 1 amide bonds. The molecule has 5 heteroatoms. The second kappa shape index (κ2) is 9.35. The molecule has 0 aromatic heterocycles. The van der Waals surface area contributed by atoms with Crippen molar-refractivity contribution in [2.24, 2.45) is 5.92 Å². The number of benzene rings is 2. The molecule has 0 bridgehead atoms. The van der Waals surface area contributed by atoms with E-state index in [1.54, 1.807) is 0 Å². The fraction of sp³-hybridized carbons (Fsp3) is 0.400. The zero-order valence-corrected chi connectivity index (χ0v) is 17.8. The van der Waals surface area contributed by atoms with Crippen molar-refractivity contribution < 1.29 is 14.3 Å². The molecule has 2 aromatic carbocycles. The molecule has 0 spiro atoms. The van der Waals surface area contributed by atoms with Gasteiger partial charge in [-0.3, -0.25) is 9.69 Å². The molecule has 2 heterocycles. The standard InChI is InChI=1S/C25H30N2O3/c1-18(2)25(21-8-9-22-23(16-21)30-15-14-29-22)26-24(28)17-27-12-10-20(11-13-27)19-6-4-3-5-7-19/h3-10,16,18,25H,11-15,17H2,1-2H3,(H,26,28)/t25-/m1/s1. The lowest BCUT2D eigenvalue weighted by Crippen LogP contribution is -2.41. The lowest BCUT2D eigenvalue weighted by molar-refractivity contribution is -0.123. The van der Waals surface area contributed by atoms with E-state index in [1.807, 2.05) is 24.3 Å². The maximum absolute atomic E-state index is 12.8. The number of rotatable bonds is 6. The van der Waals surface area contributed by atoms with Gasteiger partial charge in [0.05, 0.1) is 12.6 Å². The summed E-state index contributed by atoms with van der Waals surface area (Å²) in [7, 11) is 0. The number of hydrogen-bond acceptors (Lipinski definition) is 4. The van der Waals surface area contributed by atoms with Crippen molar-refractivity contribution in [3.8, 4) is 11.5 Å². The molecular formula is C25H30N2O3. The highest BCUT2D eigenvalue weighted by Gasteiger charge is 2.23. The summed E-state index contributed by atoms with van der Waals surface area (Å²) in [6, 6.07) is 16.4. The first-order chi connectivity index (χ1) is 14.6. The number of amides is 1. The number of carbonyl (C=O) groups excluding carboxylic acids is 1. The largest absolute Gasteiger partial charge is 0.486 e. The Morgan fingerprint density at radius 3 is 2.53 bits per heavy atom. The van der Waals surface area contributed by atoms with Crippen molar-refractivity contribution in [1.29, 1.82) is 0 Å². The van der Waals surface area contributed by atoms with Gasteiger partial charge in [-0.15, -0.1) is 0 Å². The smallest absolute Gasteiger partial charge is 0.234 e. The molecule has 1 atom stereocenters. The van der Waals surface area contributed by atoms with Gasteiger partial charge in [0, 0.05) is 13.1 Å². The highest BCUT2D eigenvalue weighted by Crippen LogP contribution is 2.34. The predicted octanol–water partition coefficient (Wildman–Crippen LogP) is 4.06. The summed E-state index contributed by atoms with van der Waals surface area (Å²) in [5.74, 6) is 1.85. The minimum atomic E-state index is -0.0615. The Bertz CT molecular complexity index is 908. The highest BCUT2D eigenvalue weighted by atomic mass is 16.6. The van der Waals surface area contributed by atoms with Gasteiger partial charge in [-0.1, -0.05) is 56.3 Å². The van der Waals surface area contributed by atoms with Gasteiger partial charge in [0.2, 0.25) is 5.91 Å². The maximum Gasteiger partial charge on any atom is 0.234 e. The Kier molecular flexibility index (Phi) is 6.38. The molecule has 0 saturated carbocycles. The Balaban J connectivity index is 1.37. The normalized spacial score (nSPS) is 17.4. The van der Waals surface area contributed by atoms with E-state index in [9.17, 15) is 4.79 Å². The van der Waals surface area contributed by atoms with Crippen LogP contribution in [-0.2, 0) is 4.79 Å². The third kappa shape index (κ3) is 4.85. The summed E-state index contributed by atoms with van der Waals surface area (Å²) in [6.45, 7) is 7.48. The molecule has 0 fully saturated rings. The van der Waals surface area contributed by atoms with Crippen molar-refractivity contribution in [2.45, 2.75) is 26.3 Å². The number of ether oxygens (including phenoxy) is 2. The summed E-state index contributed by atoms with van der Waals surface area (Å²) in [6.07, 6.45) is 3.21. The van der Waals surface area contributed by atoms with Crippen molar-refractivity contribution in [3.63, 3.8) is 0 Å². The summed E-state index contributed by atoms with van der Waals surface area (Å²) < 4.78 is 11.3. The average molecular weight is 407 g/mol. The Morgan fingerprint density at radius 2 is 1.83 bits per heavy atom. The van der Waals surface area contributed by atoms with Crippen molar-refractivity contribution in [1.82, 2.24) is 10.2 Å². The Labute approximate surface area is 178 Å². The minimum Gasteiger partial charge on any atom is -0.486 e. The first-order valence-electron chi connectivity index (χ1n) is 10.8. The molecule has 4 rings (SSSR count). The number of hydrogen-bond donors (Lipinski definition) is 1. The van der Waals surface area contributed by atoms with Crippen LogP contribution in [0.2, 0.25) is 0 Å². The van der Waals surface area contributed by atoms with E-state index >= 15 is 0 Å². The first-order valence-corrected chi connectivity index (χ1v) is 10.8. The second-order valence-electron chi connectivity index (χ2n) is 8.27. The van der Waals surface area contributed by atoms with Crippen LogP contribution in [0.25, 0.3) is 5.57 Å². The van der Waals surface area contributed by atoms with E-state index in [0.717, 1.165) is 36.6 Å². The topological polar surface area (TPSA) is 50.8 Å². The maximum atomic E-state index is 12.8. The Morgan fingerprint density at radius 1 is 1.07 bits per heavy atom. The molecule has 0 unspecified atom stereocenters. The van der Waals surface area contributed by atoms with E-state index in [2.05, 4.69) is 54.4 Å². The quantitative estimate of drug-likeness (QED) is 0.786. The molecule has 2 aliphatic rings. The molecule has 5 nitrogen and oxygen atoms in total. The van der Waals surface area contributed by atoms with Crippen LogP contribution in [0.1, 0.15) is 37.4 Å². The Hall–Kier alpha value is -2.79. The van der Waals surface area contributed by atoms with Crippen LogP contribution in [0.4, 0.5) is 0 Å². The van der Waals surface area contributed by atoms with E-state index in [-0.39, 0.29) is 17.9 Å². The zero-order valence-electron chi connectivity index (χ0n) is 17.8. The van der Waals surface area contributed by atoms with Crippen LogP contribution < -0.4 is 14.8 Å². The van der Waals surface area contributed by atoms with Gasteiger partial charge in [-0.05, 0) is 41.2 Å². The third-order valence-corrected chi connectivity index (χ3v) is 5.71. The lowest BCUT2D eigenvalue weighted by atomic mass is 9.95. The van der Waals surface area contributed by atoms with Crippen LogP contribution in [-0.4, -0.2) is 43.7 Å². The van der Waals surface area contributed by atoms with E-state index in [1.165, 1.54) is 11.1 Å². The number of carbonyl (C=O) groups is 1. The van der Waals surface area contributed by atoms with Gasteiger partial charge in [0.1, 0.15) is 13.2 Å². The van der Waals surface area contributed by atoms with Gasteiger partial charge in [-0.25, -0.2) is 0 Å². The SMILES string of the molecule is CC(C)[C@@H](NC(=O)CN1CC=C(c2ccccc2)CC1)c1ccc2c(c1)OCCO2. The van der Waals surface area contributed by atoms with Gasteiger partial charge < -0.3 is 14.8 Å². The lowest BCUT2D eigenvalue weighted by Gasteiger charge is -2.29. The van der Waals surface area contributed by atoms with Crippen molar-refractivity contribution in [2.75, 3.05) is 32.8 Å². The first kappa shape index (κ1) is 20.5. The van der Waals surface area contributed by atoms with Crippen LogP contribution in [0.15, 0.2) is 54.6 Å². The van der Waals surface area contributed by atoms with Gasteiger partial charge in [0.25, 0.3) is 0 Å². The van der Waals surface area contributed by atoms with E-state index in [0.29, 0.717) is 19.8 Å². The number of fused-ring (bicyclic) bond motifs is 1. The number of nitrogens with one attached hydrogen (secondary N) is 1. The molecule has 0 saturated heterocycles. The van der Waals surface area contributed by atoms with Crippen LogP contribution >= 0.6 is 0 Å². The van der Waals surface area contributed by atoms with Crippen molar-refractivity contribution >= 4 is 11.5 Å². The fourth-order valence-corrected chi connectivity index (χ4v) is 4.08. The summed E-state index contributed by atoms with van der Waals surface area (Å²) in [4.78, 5) is 15.0. The summed E-state index contributed by atoms with van der Waals surface area (Å²) in [5, 5.41) is 3.23. The molecule has 30 heavy (non-hydrogen) atoms. The molecule has 0 aliphatic carbocycles. The minimum absolute atomic E-state index is 0.0557. The molecule has 158 valence electrons. The molecule has 2 aliphatic heterocycles. The fourth-order valence-electron chi connectivity index (χ4n) is 4.08. The monoisotopic (exact) mass is 406 g/mol. The van der Waals surface area contributed by atoms with Gasteiger partial charge in [0.15, 0.2) is 11.5 Å². The molecule has 1 N–H and O–H groups in total. The van der Waals surface area contributed by atoms with Gasteiger partial charge >= 0.3 is 0 Å². The third-order valence-electron chi connectivity index (χ3n) is 5.71. The summed E-state index contributed by atoms with van der Waals surface area (Å²) >= 11 is 0. The predicted molar refractivity (Wildman–Crippen MR) is 119 cm³/mol. The van der Waals surface area contributed by atoms with Crippen LogP contribution in [0.3, 0.4) is 0 Å². The zero-order chi connectivity index (χ0) is 20.9. The van der Waals surface area contributed by atoms with E-state index in [4.69, 9.17) is 9.47 Å². The van der Waals surface area contributed by atoms with E-state index < -0.39 is 0 Å². The highest BCUT2D eigenvalue weighted by molar-refractivity contribution is 5.79. The second-order valence-corrected chi connectivity index (χ2v) is 8.27. The molecule has 0 radical (unpaired) electrons. The molecule has 2 aromatic rings. The molecular weight excluding hydrogens is 376 g/mol. The van der Waals surface area contributed by atoms with Crippen LogP contribution in [0.5, 0.6) is 11.5 Å². The van der Waals surface area contributed by atoms with Gasteiger partial charge in [-0.2, -0.15) is 0 Å². The van der Waals surface area contributed by atoms with Crippen molar-refractivity contribution in [3.05, 3.63) is 65.7 Å². The summed E-state index contributed by atoms with van der Waals surface area (Å²) in [5.41, 5.74) is 3.69. The van der Waals surface area contributed by atoms with Crippen LogP contribution in [0, 0.1) is 5.92 Å². The average Bonchev–Trinajstić information content (AvgIpc) is 2.78. The number of nitrogens with zero attached hydrogens (tertiary/aromatic N) is 1.